The Labute approximate surface area is 112 Å². The maximum absolute atomic E-state index is 5.83. The van der Waals surface area contributed by atoms with E-state index in [1.165, 1.54) is 58.4 Å². The summed E-state index contributed by atoms with van der Waals surface area (Å²) in [5.41, 5.74) is 0. The van der Waals surface area contributed by atoms with Gasteiger partial charge in [-0.1, -0.05) is 12.8 Å². The van der Waals surface area contributed by atoms with Crippen LogP contribution in [0.15, 0.2) is 0 Å². The second-order valence-corrected chi connectivity index (χ2v) is 5.67. The first-order valence-corrected chi connectivity index (χ1v) is 7.58. The van der Waals surface area contributed by atoms with Gasteiger partial charge in [0.1, 0.15) is 0 Å². The molecule has 0 unspecified atom stereocenters. The van der Waals surface area contributed by atoms with E-state index in [0.717, 1.165) is 19.7 Å². The van der Waals surface area contributed by atoms with Crippen LogP contribution in [-0.4, -0.2) is 75.4 Å². The van der Waals surface area contributed by atoms with Crippen molar-refractivity contribution in [2.45, 2.75) is 31.8 Å². The summed E-state index contributed by atoms with van der Waals surface area (Å²) in [5, 5.41) is 3.49. The molecule has 0 bridgehead atoms. The Balaban J connectivity index is 1.39. The van der Waals surface area contributed by atoms with E-state index >= 15 is 0 Å². The van der Waals surface area contributed by atoms with Gasteiger partial charge in [-0.2, -0.15) is 0 Å². The molecule has 0 aromatic carbocycles. The van der Waals surface area contributed by atoms with Gasteiger partial charge in [-0.05, 0) is 19.9 Å². The Hall–Kier alpha value is -0.160. The number of rotatable bonds is 7. The number of ether oxygens (including phenoxy) is 1. The van der Waals surface area contributed by atoms with Crippen molar-refractivity contribution in [1.82, 2.24) is 15.1 Å². The highest BCUT2D eigenvalue weighted by Crippen LogP contribution is 2.20. The van der Waals surface area contributed by atoms with Crippen molar-refractivity contribution >= 4 is 0 Å². The second kappa shape index (κ2) is 8.10. The lowest BCUT2D eigenvalue weighted by Crippen LogP contribution is -2.46. The van der Waals surface area contributed by atoms with Crippen molar-refractivity contribution in [2.24, 2.45) is 0 Å². The summed E-state index contributed by atoms with van der Waals surface area (Å²) in [6.45, 7) is 9.02. The number of nitrogens with one attached hydrogen (secondary N) is 1. The molecule has 18 heavy (non-hydrogen) atoms. The zero-order valence-corrected chi connectivity index (χ0v) is 11.9. The van der Waals surface area contributed by atoms with Gasteiger partial charge in [0.2, 0.25) is 0 Å². The Morgan fingerprint density at radius 2 is 1.78 bits per heavy atom. The Bertz CT molecular complexity index is 211. The summed E-state index contributed by atoms with van der Waals surface area (Å²) >= 11 is 0. The van der Waals surface area contributed by atoms with Crippen molar-refractivity contribution in [3.63, 3.8) is 0 Å². The molecule has 0 atom stereocenters. The average molecular weight is 255 g/mol. The van der Waals surface area contributed by atoms with Crippen LogP contribution in [0.1, 0.15) is 25.7 Å². The van der Waals surface area contributed by atoms with Gasteiger partial charge in [0.25, 0.3) is 0 Å². The summed E-state index contributed by atoms with van der Waals surface area (Å²) in [7, 11) is 2.20. The minimum atomic E-state index is 0.560. The maximum Gasteiger partial charge on any atom is 0.0594 e. The standard InChI is InChI=1S/C14H29N3O/c1-16-9-11-17(12-10-16)8-6-15-7-13-18-14-4-2-3-5-14/h14-15H,2-13H2,1H3. The molecule has 2 rings (SSSR count). The number of hydrogen-bond donors (Lipinski definition) is 1. The van der Waals surface area contributed by atoms with E-state index < -0.39 is 0 Å². The van der Waals surface area contributed by atoms with Crippen LogP contribution >= 0.6 is 0 Å². The first-order chi connectivity index (χ1) is 8.84. The average Bonchev–Trinajstić information content (AvgIpc) is 2.89. The fraction of sp³-hybridized carbons (Fsp3) is 1.00. The van der Waals surface area contributed by atoms with Crippen molar-refractivity contribution in [2.75, 3.05) is 59.5 Å². The molecule has 1 saturated carbocycles. The third kappa shape index (κ3) is 5.22. The van der Waals surface area contributed by atoms with Gasteiger partial charge in [0, 0.05) is 45.8 Å². The summed E-state index contributed by atoms with van der Waals surface area (Å²) in [6, 6.07) is 0. The SMILES string of the molecule is CN1CCN(CCNCCOC2CCCC2)CC1. The lowest BCUT2D eigenvalue weighted by molar-refractivity contribution is 0.0599. The summed E-state index contributed by atoms with van der Waals surface area (Å²) in [4.78, 5) is 4.95. The van der Waals surface area contributed by atoms with Crippen molar-refractivity contribution in [3.05, 3.63) is 0 Å². The summed E-state index contributed by atoms with van der Waals surface area (Å²) in [6.07, 6.45) is 5.84. The third-order valence-electron chi connectivity index (χ3n) is 4.14. The lowest BCUT2D eigenvalue weighted by Gasteiger charge is -2.32. The number of nitrogens with zero attached hydrogens (tertiary/aromatic N) is 2. The smallest absolute Gasteiger partial charge is 0.0594 e. The minimum absolute atomic E-state index is 0.560. The summed E-state index contributed by atoms with van der Waals surface area (Å²) < 4.78 is 5.83. The third-order valence-corrected chi connectivity index (χ3v) is 4.14. The van der Waals surface area contributed by atoms with E-state index in [-0.39, 0.29) is 0 Å². The van der Waals surface area contributed by atoms with Crippen LogP contribution in [0.25, 0.3) is 0 Å². The van der Waals surface area contributed by atoms with Gasteiger partial charge >= 0.3 is 0 Å². The first kappa shape index (κ1) is 14.3. The van der Waals surface area contributed by atoms with Crippen LogP contribution < -0.4 is 5.32 Å². The molecule has 1 aliphatic carbocycles. The molecule has 1 aliphatic heterocycles. The van der Waals surface area contributed by atoms with Gasteiger partial charge < -0.3 is 15.0 Å². The molecular formula is C14H29N3O. The van der Waals surface area contributed by atoms with Crippen molar-refractivity contribution in [1.29, 1.82) is 0 Å². The van der Waals surface area contributed by atoms with Crippen LogP contribution in [0.4, 0.5) is 0 Å². The first-order valence-electron chi connectivity index (χ1n) is 7.58. The zero-order chi connectivity index (χ0) is 12.6. The van der Waals surface area contributed by atoms with E-state index in [4.69, 9.17) is 4.74 Å². The molecule has 106 valence electrons. The predicted octanol–water partition coefficient (Wildman–Crippen LogP) is 0.783. The van der Waals surface area contributed by atoms with E-state index in [9.17, 15) is 0 Å². The highest BCUT2D eigenvalue weighted by molar-refractivity contribution is 4.70. The van der Waals surface area contributed by atoms with Crippen LogP contribution in [0.2, 0.25) is 0 Å². The van der Waals surface area contributed by atoms with Crippen molar-refractivity contribution in [3.8, 4) is 0 Å². The Morgan fingerprint density at radius 3 is 2.50 bits per heavy atom. The van der Waals surface area contributed by atoms with Crippen LogP contribution in [0.3, 0.4) is 0 Å². The molecule has 0 radical (unpaired) electrons. The number of piperazine rings is 1. The monoisotopic (exact) mass is 255 g/mol. The molecular weight excluding hydrogens is 226 g/mol. The van der Waals surface area contributed by atoms with E-state index in [1.54, 1.807) is 0 Å². The van der Waals surface area contributed by atoms with Crippen LogP contribution in [0, 0.1) is 0 Å². The number of likely N-dealkylation sites (N-methyl/N-ethyl adjacent to an activating group) is 1. The molecule has 0 aromatic heterocycles. The Morgan fingerprint density at radius 1 is 1.06 bits per heavy atom. The molecule has 0 amide bonds. The van der Waals surface area contributed by atoms with E-state index in [0.29, 0.717) is 6.10 Å². The summed E-state index contributed by atoms with van der Waals surface area (Å²) in [5.74, 6) is 0. The lowest BCUT2D eigenvalue weighted by atomic mass is 10.3. The second-order valence-electron chi connectivity index (χ2n) is 5.67. The molecule has 4 nitrogen and oxygen atoms in total. The van der Waals surface area contributed by atoms with Gasteiger partial charge in [0.15, 0.2) is 0 Å². The molecule has 0 aromatic rings. The molecule has 2 fully saturated rings. The molecule has 0 spiro atoms. The maximum atomic E-state index is 5.83. The van der Waals surface area contributed by atoms with E-state index in [1.807, 2.05) is 0 Å². The molecule has 1 heterocycles. The van der Waals surface area contributed by atoms with Gasteiger partial charge in [-0.25, -0.2) is 0 Å². The quantitative estimate of drug-likeness (QED) is 0.681. The van der Waals surface area contributed by atoms with Crippen molar-refractivity contribution < 1.29 is 4.74 Å². The molecule has 1 N–H and O–H groups in total. The highest BCUT2D eigenvalue weighted by atomic mass is 16.5. The zero-order valence-electron chi connectivity index (χ0n) is 11.9. The van der Waals surface area contributed by atoms with Crippen LogP contribution in [-0.2, 0) is 4.74 Å². The molecule has 2 aliphatic rings. The normalized spacial score (nSPS) is 23.8. The van der Waals surface area contributed by atoms with Gasteiger partial charge in [-0.3, -0.25) is 4.90 Å². The molecule has 1 saturated heterocycles. The van der Waals surface area contributed by atoms with Gasteiger partial charge in [-0.15, -0.1) is 0 Å². The largest absolute Gasteiger partial charge is 0.377 e. The Kier molecular flexibility index (Phi) is 6.41. The molecule has 4 heteroatoms. The van der Waals surface area contributed by atoms with Gasteiger partial charge in [0.05, 0.1) is 12.7 Å². The van der Waals surface area contributed by atoms with E-state index in [2.05, 4.69) is 22.2 Å². The minimum Gasteiger partial charge on any atom is -0.377 e. The predicted molar refractivity (Wildman–Crippen MR) is 75.0 cm³/mol. The number of hydrogen-bond acceptors (Lipinski definition) is 4. The fourth-order valence-electron chi connectivity index (χ4n) is 2.79. The fourth-order valence-corrected chi connectivity index (χ4v) is 2.79. The highest BCUT2D eigenvalue weighted by Gasteiger charge is 2.15. The van der Waals surface area contributed by atoms with Crippen LogP contribution in [0.5, 0.6) is 0 Å². The topological polar surface area (TPSA) is 27.7 Å².